The first-order valence-corrected chi connectivity index (χ1v) is 24.5. The fraction of sp³-hybridized carbons (Fsp3) is 0.958. The van der Waals surface area contributed by atoms with Gasteiger partial charge in [0.25, 0.3) is 0 Å². The number of hydrogen-bond acceptors (Lipinski definition) is 16. The van der Waals surface area contributed by atoms with E-state index in [1.807, 2.05) is 51.7 Å². The molecule has 0 bridgehead atoms. The van der Waals surface area contributed by atoms with Crippen molar-refractivity contribution in [2.75, 3.05) is 54.4 Å². The Balaban J connectivity index is 1.68. The molecule has 0 saturated carbocycles. The molecule has 4 heterocycles. The van der Waals surface area contributed by atoms with Crippen molar-refractivity contribution in [1.82, 2.24) is 20.0 Å². The Kier molecular flexibility index (Phi) is 20.1. The fourth-order valence-electron chi connectivity index (χ4n) is 11.3. The summed E-state index contributed by atoms with van der Waals surface area (Å²) >= 11 is 0. The Labute approximate surface area is 390 Å². The van der Waals surface area contributed by atoms with Crippen molar-refractivity contribution in [2.24, 2.45) is 23.7 Å². The SMILES string of the molecule is CCC[C@@H]1C[C@@H](C(=O)NCCN(C)[C@H]2C[C@@H](C)O[C@@H](O[C@@H]3[C@@H](C)[C@H](O[C@H]4C[C@@](C)(OC)[C@@H](O)[C@H](C)O4)[C@@H](C)C(=O)O[C@H](CC)[C@@](C)(O)[C@H](O)[C@@H](C)N(C)C[C@H](C)C[C@@]3(C)O)[C@@H]2O)N(C)C1. The number of likely N-dealkylation sites (N-methyl/N-ethyl adjacent to an activating group) is 3. The van der Waals surface area contributed by atoms with Gasteiger partial charge in [0.15, 0.2) is 12.6 Å². The molecule has 0 radical (unpaired) electrons. The Hall–Kier alpha value is -1.58. The molecule has 17 heteroatoms. The van der Waals surface area contributed by atoms with Gasteiger partial charge in [-0.1, -0.05) is 34.1 Å². The summed E-state index contributed by atoms with van der Waals surface area (Å²) in [6.45, 7) is 21.9. The van der Waals surface area contributed by atoms with Crippen LogP contribution in [0.3, 0.4) is 0 Å². The highest BCUT2D eigenvalue weighted by Gasteiger charge is 2.53. The average molecular weight is 931 g/mol. The zero-order valence-corrected chi connectivity index (χ0v) is 42.4. The van der Waals surface area contributed by atoms with E-state index < -0.39 is 102 Å². The van der Waals surface area contributed by atoms with Gasteiger partial charge in [0.2, 0.25) is 5.91 Å². The molecule has 1 amide bonds. The van der Waals surface area contributed by atoms with Crippen LogP contribution in [0.15, 0.2) is 0 Å². The van der Waals surface area contributed by atoms with Gasteiger partial charge in [-0.15, -0.1) is 0 Å². The van der Waals surface area contributed by atoms with Crippen molar-refractivity contribution in [1.29, 1.82) is 0 Å². The van der Waals surface area contributed by atoms with Crippen molar-refractivity contribution in [3.8, 4) is 0 Å². The second-order valence-electron chi connectivity index (χ2n) is 21.3. The minimum absolute atomic E-state index is 0.00919. The highest BCUT2D eigenvalue weighted by molar-refractivity contribution is 5.82. The molecule has 4 rings (SSSR count). The van der Waals surface area contributed by atoms with E-state index in [2.05, 4.69) is 17.1 Å². The molecule has 0 spiro atoms. The molecule has 4 saturated heterocycles. The standard InChI is InChI=1S/C48H90N4O13/c1-16-18-33-22-35(52(14)26-33)43(56)49-19-20-50(12)34-21-28(4)61-45(38(34)53)65-42-29(5)39(64-37-24-47(10,60-15)41(55)32(8)62-37)30(6)44(57)63-36(17-2)48(11,59)40(54)31(7)51(13)25-27(3)23-46(42,9)58/h27-42,45,53-55,58-59H,16-26H2,1-15H3,(H,49,56)/t27-,28-,29+,30-,31-,32+,33-,34+,35+,36-,37+,38-,39+,40-,41+,42-,45+,46-,47-,48-/m1/s1. The number of rotatable bonds is 13. The second kappa shape index (κ2) is 23.4. The molecule has 4 aliphatic rings. The second-order valence-corrected chi connectivity index (χ2v) is 21.3. The van der Waals surface area contributed by atoms with E-state index in [0.29, 0.717) is 32.0 Å². The summed E-state index contributed by atoms with van der Waals surface area (Å²) < 4.78 is 38.2. The summed E-state index contributed by atoms with van der Waals surface area (Å²) in [4.78, 5) is 33.8. The van der Waals surface area contributed by atoms with E-state index in [9.17, 15) is 35.1 Å². The summed E-state index contributed by atoms with van der Waals surface area (Å²) in [5.74, 6) is -2.24. The first-order valence-electron chi connectivity index (χ1n) is 24.5. The molecule has 65 heavy (non-hydrogen) atoms. The van der Waals surface area contributed by atoms with Gasteiger partial charge in [0, 0.05) is 57.7 Å². The smallest absolute Gasteiger partial charge is 0.311 e. The van der Waals surface area contributed by atoms with Crippen LogP contribution in [0.5, 0.6) is 0 Å². The van der Waals surface area contributed by atoms with Crippen LogP contribution in [0.4, 0.5) is 0 Å². The third-order valence-electron chi connectivity index (χ3n) is 15.5. The summed E-state index contributed by atoms with van der Waals surface area (Å²) in [6.07, 6.45) is -5.95. The van der Waals surface area contributed by atoms with Crippen molar-refractivity contribution >= 4 is 11.9 Å². The van der Waals surface area contributed by atoms with Crippen molar-refractivity contribution in [3.63, 3.8) is 0 Å². The van der Waals surface area contributed by atoms with Gasteiger partial charge in [0.05, 0.1) is 47.6 Å². The molecule has 0 aromatic heterocycles. The minimum atomic E-state index is -1.83. The molecule has 20 atom stereocenters. The van der Waals surface area contributed by atoms with E-state index in [1.165, 1.54) is 14.0 Å². The first-order chi connectivity index (χ1) is 30.2. The van der Waals surface area contributed by atoms with Crippen LogP contribution in [0.1, 0.15) is 121 Å². The lowest BCUT2D eigenvalue weighted by Crippen LogP contribution is -2.61. The summed E-state index contributed by atoms with van der Waals surface area (Å²) in [6, 6.07) is -1.16. The number of methoxy groups -OCH3 is 1. The van der Waals surface area contributed by atoms with Gasteiger partial charge < -0.3 is 64.2 Å². The van der Waals surface area contributed by atoms with Crippen LogP contribution in [0, 0.1) is 23.7 Å². The predicted molar refractivity (Wildman–Crippen MR) is 246 cm³/mol. The fourth-order valence-corrected chi connectivity index (χ4v) is 11.3. The van der Waals surface area contributed by atoms with E-state index in [0.717, 1.165) is 25.8 Å². The van der Waals surface area contributed by atoms with Crippen LogP contribution in [-0.2, 0) is 38.0 Å². The van der Waals surface area contributed by atoms with Gasteiger partial charge in [-0.05, 0) is 114 Å². The number of aliphatic hydroxyl groups is 5. The molecule has 4 aliphatic heterocycles. The number of cyclic esters (lactones) is 1. The van der Waals surface area contributed by atoms with E-state index in [-0.39, 0.29) is 43.2 Å². The largest absolute Gasteiger partial charge is 0.459 e. The normalized spacial score (nSPS) is 45.8. The first kappa shape index (κ1) is 56.0. The molecule has 0 aromatic carbocycles. The summed E-state index contributed by atoms with van der Waals surface area (Å²) in [5.41, 5.74) is -4.51. The van der Waals surface area contributed by atoms with Crippen molar-refractivity contribution in [2.45, 2.75) is 217 Å². The zero-order valence-electron chi connectivity index (χ0n) is 42.4. The number of carbonyl (C=O) groups is 2. The minimum Gasteiger partial charge on any atom is -0.459 e. The Morgan fingerprint density at radius 1 is 0.923 bits per heavy atom. The predicted octanol–water partition coefficient (Wildman–Crippen LogP) is 2.51. The third kappa shape index (κ3) is 13.4. The molecule has 17 nitrogen and oxygen atoms in total. The average Bonchev–Trinajstić information content (AvgIpc) is 3.61. The highest BCUT2D eigenvalue weighted by Crippen LogP contribution is 2.40. The van der Waals surface area contributed by atoms with Crippen LogP contribution < -0.4 is 5.32 Å². The monoisotopic (exact) mass is 931 g/mol. The van der Waals surface area contributed by atoms with Crippen LogP contribution >= 0.6 is 0 Å². The number of amides is 1. The molecular formula is C48H90N4O13. The maximum Gasteiger partial charge on any atom is 0.311 e. The molecule has 4 fully saturated rings. The molecule has 380 valence electrons. The van der Waals surface area contributed by atoms with Crippen molar-refractivity contribution < 1.29 is 63.5 Å². The highest BCUT2D eigenvalue weighted by atomic mass is 16.7. The van der Waals surface area contributed by atoms with Gasteiger partial charge >= 0.3 is 5.97 Å². The maximum absolute atomic E-state index is 14.4. The lowest BCUT2D eigenvalue weighted by atomic mass is 9.77. The third-order valence-corrected chi connectivity index (χ3v) is 15.5. The van der Waals surface area contributed by atoms with Gasteiger partial charge in [0.1, 0.15) is 30.0 Å². The lowest BCUT2D eigenvalue weighted by molar-refractivity contribution is -0.318. The summed E-state index contributed by atoms with van der Waals surface area (Å²) in [5, 5.41) is 62.5. The van der Waals surface area contributed by atoms with Crippen LogP contribution in [-0.4, -0.2) is 203 Å². The summed E-state index contributed by atoms with van der Waals surface area (Å²) in [7, 11) is 7.25. The van der Waals surface area contributed by atoms with Crippen LogP contribution in [0.25, 0.3) is 0 Å². The quantitative estimate of drug-likeness (QED) is 0.147. The number of likely N-dealkylation sites (tertiary alicyclic amines) is 1. The van der Waals surface area contributed by atoms with Gasteiger partial charge in [-0.3, -0.25) is 19.4 Å². The van der Waals surface area contributed by atoms with Gasteiger partial charge in [-0.2, -0.15) is 0 Å². The Morgan fingerprint density at radius 2 is 1.58 bits per heavy atom. The van der Waals surface area contributed by atoms with Crippen molar-refractivity contribution in [3.05, 3.63) is 0 Å². The number of nitrogens with zero attached hydrogens (tertiary/aromatic N) is 3. The topological polar surface area (TPSA) is 212 Å². The maximum atomic E-state index is 14.4. The molecule has 0 aromatic rings. The van der Waals surface area contributed by atoms with E-state index in [1.54, 1.807) is 41.5 Å². The number of nitrogens with one attached hydrogen (secondary N) is 1. The number of ether oxygens (including phenoxy) is 6. The molecule has 0 aliphatic carbocycles. The van der Waals surface area contributed by atoms with E-state index in [4.69, 9.17) is 28.4 Å². The molecule has 6 N–H and O–H groups in total. The number of hydrogen-bond donors (Lipinski definition) is 6. The van der Waals surface area contributed by atoms with Crippen LogP contribution in [0.2, 0.25) is 0 Å². The lowest BCUT2D eigenvalue weighted by Gasteiger charge is -2.49. The Morgan fingerprint density at radius 3 is 2.20 bits per heavy atom. The number of esters is 1. The van der Waals surface area contributed by atoms with Gasteiger partial charge in [-0.25, -0.2) is 0 Å². The number of carbonyl (C=O) groups excluding carboxylic acids is 2. The Bertz CT molecular complexity index is 1510. The van der Waals surface area contributed by atoms with E-state index >= 15 is 0 Å². The number of aliphatic hydroxyl groups excluding tert-OH is 3. The molecular weight excluding hydrogens is 841 g/mol. The molecule has 0 unspecified atom stereocenters. The zero-order chi connectivity index (χ0) is 48.9.